The van der Waals surface area contributed by atoms with Gasteiger partial charge in [0.15, 0.2) is 9.84 Å². The molecule has 1 amide bonds. The smallest absolute Gasteiger partial charge is 0.305 e. The Labute approximate surface area is 115 Å². The minimum atomic E-state index is -3.30. The highest BCUT2D eigenvalue weighted by Crippen LogP contribution is 2.15. The van der Waals surface area contributed by atoms with Crippen LogP contribution in [0.1, 0.15) is 6.42 Å². The maximum Gasteiger partial charge on any atom is 0.305 e. The van der Waals surface area contributed by atoms with Crippen LogP contribution >= 0.6 is 0 Å². The molecule has 0 bridgehead atoms. The molecule has 1 saturated heterocycles. The first-order valence-corrected chi connectivity index (χ1v) is 7.73. The van der Waals surface area contributed by atoms with Crippen LogP contribution in [0.15, 0.2) is 12.7 Å². The van der Waals surface area contributed by atoms with Crippen molar-refractivity contribution in [1.82, 2.24) is 19.7 Å². The molecule has 1 aromatic heterocycles. The fourth-order valence-electron chi connectivity index (χ4n) is 2.13. The lowest BCUT2D eigenvalue weighted by atomic mass is 10.2. The molecule has 1 aliphatic heterocycles. The molecular formula is C10H14N4O5S. The minimum Gasteiger partial charge on any atom is -0.481 e. The van der Waals surface area contributed by atoms with Gasteiger partial charge in [0.2, 0.25) is 5.91 Å². The Morgan fingerprint density at radius 3 is 2.75 bits per heavy atom. The highest BCUT2D eigenvalue weighted by molar-refractivity contribution is 7.91. The molecule has 0 radical (unpaired) electrons. The Morgan fingerprint density at radius 2 is 2.15 bits per heavy atom. The molecule has 2 rings (SSSR count). The lowest BCUT2D eigenvalue weighted by Gasteiger charge is -2.34. The molecule has 0 aromatic carbocycles. The van der Waals surface area contributed by atoms with Crippen LogP contribution in [0.4, 0.5) is 0 Å². The van der Waals surface area contributed by atoms with E-state index in [0.29, 0.717) is 0 Å². The predicted octanol–water partition coefficient (Wildman–Crippen LogP) is -1.62. The summed E-state index contributed by atoms with van der Waals surface area (Å²) in [6.07, 6.45) is 2.26. The van der Waals surface area contributed by atoms with Gasteiger partial charge < -0.3 is 10.0 Å². The maximum atomic E-state index is 12.1. The van der Waals surface area contributed by atoms with Gasteiger partial charge in [0.25, 0.3) is 0 Å². The van der Waals surface area contributed by atoms with Crippen molar-refractivity contribution >= 4 is 21.7 Å². The van der Waals surface area contributed by atoms with E-state index >= 15 is 0 Å². The van der Waals surface area contributed by atoms with E-state index in [1.807, 2.05) is 0 Å². The van der Waals surface area contributed by atoms with Gasteiger partial charge in [-0.25, -0.2) is 18.1 Å². The molecule has 20 heavy (non-hydrogen) atoms. The monoisotopic (exact) mass is 302 g/mol. The fourth-order valence-corrected chi connectivity index (χ4v) is 3.65. The van der Waals surface area contributed by atoms with Gasteiger partial charge >= 0.3 is 5.97 Å². The molecule has 0 saturated carbocycles. The zero-order valence-electron chi connectivity index (χ0n) is 10.5. The zero-order valence-corrected chi connectivity index (χ0v) is 11.4. The number of rotatable bonds is 4. The second-order valence-electron chi connectivity index (χ2n) is 4.55. The molecule has 0 aliphatic carbocycles. The Kier molecular flexibility index (Phi) is 4.02. The first-order valence-electron chi connectivity index (χ1n) is 5.91. The van der Waals surface area contributed by atoms with Gasteiger partial charge in [0, 0.05) is 6.54 Å². The molecule has 110 valence electrons. The highest BCUT2D eigenvalue weighted by Gasteiger charge is 2.35. The minimum absolute atomic E-state index is 0.00775. The lowest BCUT2D eigenvalue weighted by molar-refractivity contribution is -0.140. The van der Waals surface area contributed by atoms with Gasteiger partial charge in [-0.2, -0.15) is 5.10 Å². The molecule has 1 aromatic rings. The molecule has 1 aliphatic rings. The summed E-state index contributed by atoms with van der Waals surface area (Å²) < 4.78 is 24.4. The molecule has 9 nitrogen and oxygen atoms in total. The molecule has 1 N–H and O–H groups in total. The third-order valence-corrected chi connectivity index (χ3v) is 4.72. The van der Waals surface area contributed by atoms with Crippen molar-refractivity contribution in [3.05, 3.63) is 12.7 Å². The van der Waals surface area contributed by atoms with E-state index in [1.54, 1.807) is 0 Å². The maximum absolute atomic E-state index is 12.1. The largest absolute Gasteiger partial charge is 0.481 e. The Bertz CT molecular complexity index is 597. The number of sulfone groups is 1. The number of carbonyl (C=O) groups excluding carboxylic acids is 1. The molecular weight excluding hydrogens is 288 g/mol. The first kappa shape index (κ1) is 14.4. The van der Waals surface area contributed by atoms with Crippen molar-refractivity contribution in [2.24, 2.45) is 0 Å². The van der Waals surface area contributed by atoms with E-state index in [9.17, 15) is 18.0 Å². The summed E-state index contributed by atoms with van der Waals surface area (Å²) in [6, 6.07) is -0.831. The van der Waals surface area contributed by atoms with Crippen LogP contribution in [0.2, 0.25) is 0 Å². The van der Waals surface area contributed by atoms with E-state index in [0.717, 1.165) is 0 Å². The Morgan fingerprint density at radius 1 is 1.40 bits per heavy atom. The average Bonchev–Trinajstić information content (AvgIpc) is 2.79. The summed E-state index contributed by atoms with van der Waals surface area (Å²) in [6.45, 7) is -0.0794. The van der Waals surface area contributed by atoms with Crippen molar-refractivity contribution in [2.75, 3.05) is 18.1 Å². The van der Waals surface area contributed by atoms with Gasteiger partial charge in [0.05, 0.1) is 24.0 Å². The molecule has 2 heterocycles. The van der Waals surface area contributed by atoms with Gasteiger partial charge in [0.1, 0.15) is 19.2 Å². The summed E-state index contributed by atoms with van der Waals surface area (Å²) in [5, 5.41) is 12.6. The highest BCUT2D eigenvalue weighted by atomic mass is 32.2. The molecule has 10 heteroatoms. The van der Waals surface area contributed by atoms with Gasteiger partial charge in [-0.1, -0.05) is 0 Å². The van der Waals surface area contributed by atoms with Gasteiger partial charge in [-0.15, -0.1) is 0 Å². The van der Waals surface area contributed by atoms with E-state index < -0.39 is 21.8 Å². The summed E-state index contributed by atoms with van der Waals surface area (Å²) in [5.41, 5.74) is 0. The summed E-state index contributed by atoms with van der Waals surface area (Å²) in [5.74, 6) is -1.96. The molecule has 1 fully saturated rings. The molecule has 1 atom stereocenters. The van der Waals surface area contributed by atoms with Crippen LogP contribution in [0.3, 0.4) is 0 Å². The van der Waals surface area contributed by atoms with Crippen LogP contribution in [0.25, 0.3) is 0 Å². The summed E-state index contributed by atoms with van der Waals surface area (Å²) in [7, 11) is -3.30. The van der Waals surface area contributed by atoms with E-state index in [4.69, 9.17) is 5.11 Å². The van der Waals surface area contributed by atoms with E-state index in [1.165, 1.54) is 22.2 Å². The van der Waals surface area contributed by atoms with Crippen LogP contribution in [0, 0.1) is 0 Å². The number of nitrogens with zero attached hydrogens (tertiary/aromatic N) is 4. The second kappa shape index (κ2) is 5.57. The number of aromatic nitrogens is 3. The number of amides is 1. The van der Waals surface area contributed by atoms with Crippen molar-refractivity contribution in [3.63, 3.8) is 0 Å². The molecule has 0 spiro atoms. The van der Waals surface area contributed by atoms with Gasteiger partial charge in [-0.3, -0.25) is 9.59 Å². The van der Waals surface area contributed by atoms with Crippen LogP contribution < -0.4 is 0 Å². The number of aliphatic carboxylic acids is 1. The Balaban J connectivity index is 2.11. The van der Waals surface area contributed by atoms with Crippen molar-refractivity contribution < 1.29 is 23.1 Å². The number of carbonyl (C=O) groups is 2. The Hall–Kier alpha value is -1.97. The fraction of sp³-hybridized carbons (Fsp3) is 0.600. The number of hydrogen-bond donors (Lipinski definition) is 1. The third kappa shape index (κ3) is 3.53. The summed E-state index contributed by atoms with van der Waals surface area (Å²) in [4.78, 5) is 27.9. The van der Waals surface area contributed by atoms with Crippen molar-refractivity contribution in [1.29, 1.82) is 0 Å². The van der Waals surface area contributed by atoms with Gasteiger partial charge in [-0.05, 0) is 0 Å². The SMILES string of the molecule is O=C(O)CC1CS(=O)(=O)CCN1C(=O)Cn1cncn1. The van der Waals surface area contributed by atoms with Crippen LogP contribution in [0.5, 0.6) is 0 Å². The topological polar surface area (TPSA) is 122 Å². The predicted molar refractivity (Wildman–Crippen MR) is 66.4 cm³/mol. The quantitative estimate of drug-likeness (QED) is 0.709. The summed E-state index contributed by atoms with van der Waals surface area (Å²) >= 11 is 0. The zero-order chi connectivity index (χ0) is 14.8. The number of carboxylic acid groups (broad SMARTS) is 1. The average molecular weight is 302 g/mol. The van der Waals surface area contributed by atoms with Crippen LogP contribution in [-0.4, -0.2) is 69.2 Å². The van der Waals surface area contributed by atoms with E-state index in [2.05, 4.69) is 10.1 Å². The lowest BCUT2D eigenvalue weighted by Crippen LogP contribution is -2.52. The van der Waals surface area contributed by atoms with Crippen molar-refractivity contribution in [2.45, 2.75) is 19.0 Å². The normalized spacial score (nSPS) is 21.6. The number of hydrogen-bond acceptors (Lipinski definition) is 6. The third-order valence-electron chi connectivity index (χ3n) is 3.02. The number of carboxylic acids is 1. The first-order chi connectivity index (χ1) is 9.37. The van der Waals surface area contributed by atoms with Crippen molar-refractivity contribution in [3.8, 4) is 0 Å². The molecule has 1 unspecified atom stereocenters. The standard InChI is InChI=1S/C10H14N4O5S/c15-9(4-13-7-11-6-12-13)14-1-2-20(18,19)5-8(14)3-10(16)17/h6-8H,1-5H2,(H,16,17). The second-order valence-corrected chi connectivity index (χ2v) is 6.77. The van der Waals surface area contributed by atoms with Crippen LogP contribution in [-0.2, 0) is 26.0 Å². The van der Waals surface area contributed by atoms with E-state index in [-0.39, 0.29) is 36.9 Å².